The molecule has 2 aliphatic rings. The molecule has 150 valence electrons. The summed E-state index contributed by atoms with van der Waals surface area (Å²) in [7, 11) is 0. The molecule has 0 unspecified atom stereocenters. The van der Waals surface area contributed by atoms with Crippen molar-refractivity contribution in [3.8, 4) is 11.4 Å². The van der Waals surface area contributed by atoms with E-state index in [4.69, 9.17) is 4.74 Å². The first-order valence-electron chi connectivity index (χ1n) is 9.77. The molecule has 2 amide bonds. The molecule has 2 aliphatic heterocycles. The van der Waals surface area contributed by atoms with Gasteiger partial charge in [0.15, 0.2) is 5.82 Å². The minimum absolute atomic E-state index is 0.0910. The van der Waals surface area contributed by atoms with Gasteiger partial charge in [0.1, 0.15) is 5.60 Å². The summed E-state index contributed by atoms with van der Waals surface area (Å²) in [6.45, 7) is 2.76. The number of benzene rings is 2. The van der Waals surface area contributed by atoms with Crippen molar-refractivity contribution in [2.45, 2.75) is 19.1 Å². The van der Waals surface area contributed by atoms with E-state index in [9.17, 15) is 9.59 Å². The monoisotopic (exact) mass is 400 g/mol. The molecule has 1 N–H and O–H groups in total. The van der Waals surface area contributed by atoms with Gasteiger partial charge in [-0.3, -0.25) is 9.59 Å². The van der Waals surface area contributed by atoms with E-state index in [1.54, 1.807) is 29.2 Å². The quantitative estimate of drug-likeness (QED) is 0.731. The second-order valence-corrected chi connectivity index (χ2v) is 7.63. The fourth-order valence-electron chi connectivity index (χ4n) is 4.01. The van der Waals surface area contributed by atoms with Gasteiger partial charge in [-0.15, -0.1) is 0 Å². The number of ether oxygens (including phenoxy) is 1. The summed E-state index contributed by atoms with van der Waals surface area (Å²) in [4.78, 5) is 35.1. The van der Waals surface area contributed by atoms with Crippen LogP contribution in [0, 0.1) is 0 Å². The van der Waals surface area contributed by atoms with Crippen LogP contribution in [0.15, 0.2) is 60.8 Å². The number of hydrogen-bond donors (Lipinski definition) is 1. The van der Waals surface area contributed by atoms with E-state index >= 15 is 0 Å². The zero-order chi connectivity index (χ0) is 20.7. The normalized spacial score (nSPS) is 16.1. The van der Waals surface area contributed by atoms with Crippen LogP contribution in [-0.4, -0.2) is 39.8 Å². The maximum Gasteiger partial charge on any atom is 0.254 e. The van der Waals surface area contributed by atoms with E-state index in [0.717, 1.165) is 16.8 Å². The zero-order valence-electron chi connectivity index (χ0n) is 16.5. The molecule has 3 aromatic rings. The molecule has 30 heavy (non-hydrogen) atoms. The Balaban J connectivity index is 1.33. The van der Waals surface area contributed by atoms with Gasteiger partial charge in [-0.1, -0.05) is 36.4 Å². The Labute approximate surface area is 173 Å². The number of carbonyl (C=O) groups excluding carboxylic acids is 2. The molecule has 0 bridgehead atoms. The van der Waals surface area contributed by atoms with Crippen LogP contribution in [0.5, 0.6) is 0 Å². The standard InChI is InChI=1S/C23H20N4O3/c1-15(28)25-18-9-5-8-17(10-18)22(29)27-13-23(14-27)19-11-24-21(26-20(19)12-30-23)16-6-3-2-4-7-16/h2-11H,12-14H2,1H3,(H,25,28). The first-order valence-corrected chi connectivity index (χ1v) is 9.77. The largest absolute Gasteiger partial charge is 0.360 e. The number of anilines is 1. The molecule has 0 radical (unpaired) electrons. The third kappa shape index (κ3) is 3.13. The molecular weight excluding hydrogens is 380 g/mol. The molecule has 0 atom stereocenters. The highest BCUT2D eigenvalue weighted by Crippen LogP contribution is 2.43. The highest BCUT2D eigenvalue weighted by atomic mass is 16.5. The number of rotatable bonds is 3. The highest BCUT2D eigenvalue weighted by molar-refractivity contribution is 5.97. The summed E-state index contributed by atoms with van der Waals surface area (Å²) in [6.07, 6.45) is 1.83. The number of fused-ring (bicyclic) bond motifs is 2. The molecule has 1 spiro atoms. The van der Waals surface area contributed by atoms with Gasteiger partial charge in [0.05, 0.1) is 25.4 Å². The number of likely N-dealkylation sites (tertiary alicyclic amines) is 1. The van der Waals surface area contributed by atoms with E-state index in [0.29, 0.717) is 36.8 Å². The van der Waals surface area contributed by atoms with Crippen molar-refractivity contribution in [2.75, 3.05) is 18.4 Å². The van der Waals surface area contributed by atoms with E-state index in [1.807, 2.05) is 36.5 Å². The molecule has 1 aromatic heterocycles. The molecule has 7 heteroatoms. The van der Waals surface area contributed by atoms with E-state index in [-0.39, 0.29) is 11.8 Å². The number of amides is 2. The van der Waals surface area contributed by atoms with Gasteiger partial charge in [-0.2, -0.15) is 0 Å². The molecule has 5 rings (SSSR count). The Morgan fingerprint density at radius 3 is 2.67 bits per heavy atom. The maximum atomic E-state index is 12.9. The van der Waals surface area contributed by atoms with Crippen LogP contribution in [0.3, 0.4) is 0 Å². The average Bonchev–Trinajstić information content (AvgIpc) is 3.11. The first-order chi connectivity index (χ1) is 14.5. The van der Waals surface area contributed by atoms with Gasteiger partial charge in [0.2, 0.25) is 5.91 Å². The highest BCUT2D eigenvalue weighted by Gasteiger charge is 2.52. The SMILES string of the molecule is CC(=O)Nc1cccc(C(=O)N2CC3(C2)OCc2nc(-c4ccccc4)ncc23)c1. The fourth-order valence-corrected chi connectivity index (χ4v) is 4.01. The summed E-state index contributed by atoms with van der Waals surface area (Å²) in [5.74, 6) is 0.414. The number of carbonyl (C=O) groups is 2. The Bertz CT molecular complexity index is 1140. The lowest BCUT2D eigenvalue weighted by Crippen LogP contribution is -2.61. The molecule has 1 fully saturated rings. The van der Waals surface area contributed by atoms with Crippen molar-refractivity contribution in [3.63, 3.8) is 0 Å². The molecule has 7 nitrogen and oxygen atoms in total. The number of nitrogens with zero attached hydrogens (tertiary/aromatic N) is 3. The van der Waals surface area contributed by atoms with Crippen LogP contribution in [0.2, 0.25) is 0 Å². The van der Waals surface area contributed by atoms with Crippen LogP contribution in [-0.2, 0) is 21.7 Å². The van der Waals surface area contributed by atoms with Gasteiger partial charge < -0.3 is 15.0 Å². The maximum absolute atomic E-state index is 12.9. The average molecular weight is 400 g/mol. The van der Waals surface area contributed by atoms with Crippen LogP contribution >= 0.6 is 0 Å². The number of nitrogens with one attached hydrogen (secondary N) is 1. The zero-order valence-corrected chi connectivity index (χ0v) is 16.5. The van der Waals surface area contributed by atoms with Gasteiger partial charge >= 0.3 is 0 Å². The summed E-state index contributed by atoms with van der Waals surface area (Å²) >= 11 is 0. The van der Waals surface area contributed by atoms with Crippen LogP contribution in [0.25, 0.3) is 11.4 Å². The van der Waals surface area contributed by atoms with Crippen molar-refractivity contribution < 1.29 is 14.3 Å². The van der Waals surface area contributed by atoms with Crippen molar-refractivity contribution in [3.05, 3.63) is 77.6 Å². The molecule has 2 aromatic carbocycles. The van der Waals surface area contributed by atoms with Crippen molar-refractivity contribution in [2.24, 2.45) is 0 Å². The molecule has 0 saturated carbocycles. The van der Waals surface area contributed by atoms with Crippen molar-refractivity contribution in [1.29, 1.82) is 0 Å². The summed E-state index contributed by atoms with van der Waals surface area (Å²) in [6, 6.07) is 16.8. The van der Waals surface area contributed by atoms with Crippen molar-refractivity contribution in [1.82, 2.24) is 14.9 Å². The third-order valence-corrected chi connectivity index (χ3v) is 5.49. The summed E-state index contributed by atoms with van der Waals surface area (Å²) in [5, 5.41) is 2.70. The van der Waals surface area contributed by atoms with Gasteiger partial charge in [0, 0.05) is 35.5 Å². The van der Waals surface area contributed by atoms with E-state index in [1.165, 1.54) is 6.92 Å². The molecule has 1 saturated heterocycles. The number of hydrogen-bond acceptors (Lipinski definition) is 5. The third-order valence-electron chi connectivity index (χ3n) is 5.49. The lowest BCUT2D eigenvalue weighted by atomic mass is 9.87. The number of aromatic nitrogens is 2. The van der Waals surface area contributed by atoms with E-state index in [2.05, 4.69) is 15.3 Å². The predicted molar refractivity (Wildman–Crippen MR) is 111 cm³/mol. The van der Waals surface area contributed by atoms with Crippen LogP contribution < -0.4 is 5.32 Å². The van der Waals surface area contributed by atoms with Gasteiger partial charge in [-0.05, 0) is 18.2 Å². The smallest absolute Gasteiger partial charge is 0.254 e. The molecule has 3 heterocycles. The second kappa shape index (κ2) is 7.03. The second-order valence-electron chi connectivity index (χ2n) is 7.63. The van der Waals surface area contributed by atoms with E-state index < -0.39 is 5.60 Å². The Morgan fingerprint density at radius 2 is 1.90 bits per heavy atom. The molecular formula is C23H20N4O3. The Morgan fingerprint density at radius 1 is 1.10 bits per heavy atom. The summed E-state index contributed by atoms with van der Waals surface area (Å²) < 4.78 is 6.08. The summed E-state index contributed by atoms with van der Waals surface area (Å²) in [5.41, 5.74) is 3.40. The predicted octanol–water partition coefficient (Wildman–Crippen LogP) is 2.98. The van der Waals surface area contributed by atoms with Crippen molar-refractivity contribution >= 4 is 17.5 Å². The molecule has 0 aliphatic carbocycles. The minimum Gasteiger partial charge on any atom is -0.360 e. The van der Waals surface area contributed by atoms with Gasteiger partial charge in [-0.25, -0.2) is 9.97 Å². The lowest BCUT2D eigenvalue weighted by molar-refractivity contribution is -0.126. The van der Waals surface area contributed by atoms with Crippen LogP contribution in [0.4, 0.5) is 5.69 Å². The van der Waals surface area contributed by atoms with Crippen LogP contribution in [0.1, 0.15) is 28.5 Å². The topological polar surface area (TPSA) is 84.4 Å². The Hall–Kier alpha value is -3.58. The fraction of sp³-hybridized carbons (Fsp3) is 0.217. The Kier molecular flexibility index (Phi) is 4.33. The first kappa shape index (κ1) is 18.4. The minimum atomic E-state index is -0.532. The lowest BCUT2D eigenvalue weighted by Gasteiger charge is -2.47. The van der Waals surface area contributed by atoms with Gasteiger partial charge in [0.25, 0.3) is 5.91 Å².